The lowest BCUT2D eigenvalue weighted by Gasteiger charge is -2.38. The maximum absolute atomic E-state index is 12.4. The van der Waals surface area contributed by atoms with Crippen molar-refractivity contribution in [3.05, 3.63) is 53.7 Å². The Kier molecular flexibility index (Phi) is 6.84. The van der Waals surface area contributed by atoms with Gasteiger partial charge in [0, 0.05) is 50.2 Å². The fourth-order valence-corrected chi connectivity index (χ4v) is 4.50. The molecule has 160 valence electrons. The molecule has 1 aromatic carbocycles. The van der Waals surface area contributed by atoms with Crippen LogP contribution in [0.5, 0.6) is 0 Å². The van der Waals surface area contributed by atoms with Crippen LogP contribution in [0.3, 0.4) is 0 Å². The lowest BCUT2D eigenvalue weighted by atomic mass is 10.1. The van der Waals surface area contributed by atoms with Gasteiger partial charge in [-0.1, -0.05) is 30.7 Å². The molecule has 6 heteroatoms. The van der Waals surface area contributed by atoms with E-state index in [-0.39, 0.29) is 5.91 Å². The summed E-state index contributed by atoms with van der Waals surface area (Å²) in [6.45, 7) is 9.10. The van der Waals surface area contributed by atoms with Crippen molar-refractivity contribution in [1.82, 2.24) is 15.2 Å². The number of amides is 1. The standard InChI is InChI=1S/C24H33N5O/c1-20-8-3-4-10-22(20)28-14-16-29(17-15-28)24-21(9-7-11-25-24)18-26-23(30)19-27-12-5-2-6-13-27/h3-4,7-11H,2,5-6,12-19H2,1H3,(H,26,30). The number of hydrogen-bond donors (Lipinski definition) is 1. The molecular weight excluding hydrogens is 374 g/mol. The van der Waals surface area contributed by atoms with Gasteiger partial charge in [-0.3, -0.25) is 9.69 Å². The number of anilines is 2. The molecule has 0 spiro atoms. The highest BCUT2D eigenvalue weighted by Crippen LogP contribution is 2.24. The van der Waals surface area contributed by atoms with Gasteiger partial charge in [-0.05, 0) is 50.6 Å². The molecule has 2 aliphatic heterocycles. The number of benzene rings is 1. The Morgan fingerprint density at radius 3 is 2.43 bits per heavy atom. The molecule has 2 saturated heterocycles. The summed E-state index contributed by atoms with van der Waals surface area (Å²) in [5, 5.41) is 3.11. The zero-order valence-electron chi connectivity index (χ0n) is 18.0. The van der Waals surface area contributed by atoms with Crippen LogP contribution in [-0.4, -0.2) is 61.6 Å². The van der Waals surface area contributed by atoms with Gasteiger partial charge in [0.1, 0.15) is 5.82 Å². The molecule has 30 heavy (non-hydrogen) atoms. The number of hydrogen-bond acceptors (Lipinski definition) is 5. The van der Waals surface area contributed by atoms with E-state index in [1.807, 2.05) is 12.3 Å². The summed E-state index contributed by atoms with van der Waals surface area (Å²) in [7, 11) is 0. The summed E-state index contributed by atoms with van der Waals surface area (Å²) < 4.78 is 0. The second-order valence-electron chi connectivity index (χ2n) is 8.36. The van der Waals surface area contributed by atoms with Crippen molar-refractivity contribution in [1.29, 1.82) is 0 Å². The zero-order chi connectivity index (χ0) is 20.8. The van der Waals surface area contributed by atoms with Crippen LogP contribution >= 0.6 is 0 Å². The van der Waals surface area contributed by atoms with Gasteiger partial charge in [-0.2, -0.15) is 0 Å². The van der Waals surface area contributed by atoms with Gasteiger partial charge in [0.05, 0.1) is 6.54 Å². The van der Waals surface area contributed by atoms with E-state index in [0.717, 1.165) is 50.6 Å². The van der Waals surface area contributed by atoms with E-state index < -0.39 is 0 Å². The van der Waals surface area contributed by atoms with E-state index in [2.05, 4.69) is 62.3 Å². The Hall–Kier alpha value is -2.60. The fourth-order valence-electron chi connectivity index (χ4n) is 4.50. The number of likely N-dealkylation sites (tertiary alicyclic amines) is 1. The Bertz CT molecular complexity index is 841. The molecule has 2 aliphatic rings. The number of carbonyl (C=O) groups excluding carboxylic acids is 1. The molecule has 0 atom stereocenters. The molecule has 2 fully saturated rings. The number of nitrogens with one attached hydrogen (secondary N) is 1. The Labute approximate surface area is 179 Å². The van der Waals surface area contributed by atoms with E-state index in [4.69, 9.17) is 0 Å². The summed E-state index contributed by atoms with van der Waals surface area (Å²) in [5.74, 6) is 1.11. The van der Waals surface area contributed by atoms with Crippen LogP contribution in [0.15, 0.2) is 42.6 Å². The first kappa shape index (κ1) is 20.7. The van der Waals surface area contributed by atoms with Crippen LogP contribution in [0.1, 0.15) is 30.4 Å². The van der Waals surface area contributed by atoms with Crippen LogP contribution in [0.25, 0.3) is 0 Å². The third kappa shape index (κ3) is 5.11. The summed E-state index contributed by atoms with van der Waals surface area (Å²) in [4.78, 5) is 24.1. The largest absolute Gasteiger partial charge is 0.368 e. The second kappa shape index (κ2) is 9.94. The van der Waals surface area contributed by atoms with Crippen LogP contribution < -0.4 is 15.1 Å². The minimum Gasteiger partial charge on any atom is -0.368 e. The molecule has 0 unspecified atom stereocenters. The van der Waals surface area contributed by atoms with Crippen molar-refractivity contribution in [2.24, 2.45) is 0 Å². The van der Waals surface area contributed by atoms with Gasteiger partial charge in [-0.15, -0.1) is 0 Å². The maximum atomic E-state index is 12.4. The normalized spacial score (nSPS) is 17.8. The average molecular weight is 408 g/mol. The quantitative estimate of drug-likeness (QED) is 0.798. The van der Waals surface area contributed by atoms with Gasteiger partial charge in [-0.25, -0.2) is 4.98 Å². The Morgan fingerprint density at radius 2 is 1.67 bits per heavy atom. The van der Waals surface area contributed by atoms with Gasteiger partial charge < -0.3 is 15.1 Å². The lowest BCUT2D eigenvalue weighted by Crippen LogP contribution is -2.47. The molecule has 0 bridgehead atoms. The Morgan fingerprint density at radius 1 is 0.933 bits per heavy atom. The first-order chi connectivity index (χ1) is 14.7. The minimum absolute atomic E-state index is 0.107. The number of rotatable bonds is 6. The van der Waals surface area contributed by atoms with E-state index in [1.165, 1.54) is 30.5 Å². The summed E-state index contributed by atoms with van der Waals surface area (Å²) in [6, 6.07) is 12.6. The van der Waals surface area contributed by atoms with Crippen LogP contribution in [-0.2, 0) is 11.3 Å². The van der Waals surface area contributed by atoms with Gasteiger partial charge in [0.2, 0.25) is 5.91 Å². The zero-order valence-corrected chi connectivity index (χ0v) is 18.0. The van der Waals surface area contributed by atoms with Crippen molar-refractivity contribution in [3.8, 4) is 0 Å². The van der Waals surface area contributed by atoms with Gasteiger partial charge in [0.15, 0.2) is 0 Å². The van der Waals surface area contributed by atoms with Crippen molar-refractivity contribution in [3.63, 3.8) is 0 Å². The Balaban J connectivity index is 1.33. The molecule has 6 nitrogen and oxygen atoms in total. The molecule has 1 aromatic heterocycles. The van der Waals surface area contributed by atoms with Crippen LogP contribution in [0.4, 0.5) is 11.5 Å². The topological polar surface area (TPSA) is 51.7 Å². The number of aromatic nitrogens is 1. The van der Waals surface area contributed by atoms with E-state index in [0.29, 0.717) is 13.1 Å². The maximum Gasteiger partial charge on any atom is 0.234 e. The summed E-state index contributed by atoms with van der Waals surface area (Å²) in [6.07, 6.45) is 5.54. The van der Waals surface area contributed by atoms with Crippen LogP contribution in [0, 0.1) is 6.92 Å². The van der Waals surface area contributed by atoms with Crippen molar-refractivity contribution >= 4 is 17.4 Å². The van der Waals surface area contributed by atoms with E-state index in [1.54, 1.807) is 0 Å². The smallest absolute Gasteiger partial charge is 0.234 e. The molecule has 4 rings (SSSR count). The number of piperazine rings is 1. The number of para-hydroxylation sites is 1. The van der Waals surface area contributed by atoms with Gasteiger partial charge in [0.25, 0.3) is 0 Å². The fraction of sp³-hybridized carbons (Fsp3) is 0.500. The lowest BCUT2D eigenvalue weighted by molar-refractivity contribution is -0.122. The molecule has 0 radical (unpaired) electrons. The molecule has 3 heterocycles. The predicted molar refractivity (Wildman–Crippen MR) is 122 cm³/mol. The van der Waals surface area contributed by atoms with Gasteiger partial charge >= 0.3 is 0 Å². The number of aryl methyl sites for hydroxylation is 1. The first-order valence-electron chi connectivity index (χ1n) is 11.2. The van der Waals surface area contributed by atoms with Crippen molar-refractivity contribution in [2.45, 2.75) is 32.7 Å². The second-order valence-corrected chi connectivity index (χ2v) is 8.36. The number of carbonyl (C=O) groups is 1. The molecule has 1 N–H and O–H groups in total. The third-order valence-electron chi connectivity index (χ3n) is 6.19. The van der Waals surface area contributed by atoms with Crippen molar-refractivity contribution < 1.29 is 4.79 Å². The van der Waals surface area contributed by atoms with Crippen molar-refractivity contribution in [2.75, 3.05) is 55.6 Å². The van der Waals surface area contributed by atoms with E-state index >= 15 is 0 Å². The molecular formula is C24H33N5O. The first-order valence-corrected chi connectivity index (χ1v) is 11.2. The van der Waals surface area contributed by atoms with Crippen LogP contribution in [0.2, 0.25) is 0 Å². The summed E-state index contributed by atoms with van der Waals surface area (Å²) in [5.41, 5.74) is 3.73. The molecule has 1 amide bonds. The number of pyridine rings is 1. The van der Waals surface area contributed by atoms with E-state index in [9.17, 15) is 4.79 Å². The SMILES string of the molecule is Cc1ccccc1N1CCN(c2ncccc2CNC(=O)CN2CCCCC2)CC1. The molecule has 2 aromatic rings. The number of nitrogens with zero attached hydrogens (tertiary/aromatic N) is 4. The molecule has 0 aliphatic carbocycles. The average Bonchev–Trinajstić information content (AvgIpc) is 2.79. The predicted octanol–water partition coefficient (Wildman–Crippen LogP) is 2.82. The summed E-state index contributed by atoms with van der Waals surface area (Å²) >= 11 is 0. The highest BCUT2D eigenvalue weighted by atomic mass is 16.2. The minimum atomic E-state index is 0.107. The third-order valence-corrected chi connectivity index (χ3v) is 6.19. The number of piperidine rings is 1. The highest BCUT2D eigenvalue weighted by Gasteiger charge is 2.21. The molecule has 0 saturated carbocycles. The highest BCUT2D eigenvalue weighted by molar-refractivity contribution is 5.78. The monoisotopic (exact) mass is 407 g/mol.